The van der Waals surface area contributed by atoms with Gasteiger partial charge in [0, 0.05) is 19.4 Å². The van der Waals surface area contributed by atoms with E-state index in [2.05, 4.69) is 74.6 Å². The van der Waals surface area contributed by atoms with Crippen molar-refractivity contribution in [2.24, 2.45) is 5.73 Å². The van der Waals surface area contributed by atoms with Crippen LogP contribution >= 0.6 is 7.82 Å². The highest BCUT2D eigenvalue weighted by Crippen LogP contribution is 2.43. The lowest BCUT2D eigenvalue weighted by Gasteiger charge is -2.19. The quantitative estimate of drug-likeness (QED) is 0.0203. The number of ether oxygens (including phenoxy) is 3. The number of nitrogens with two attached hydrogens (primary N) is 1. The highest BCUT2D eigenvalue weighted by Gasteiger charge is 2.36. The van der Waals surface area contributed by atoms with E-state index in [1.807, 2.05) is 12.2 Å². The summed E-state index contributed by atoms with van der Waals surface area (Å²) in [6.07, 6.45) is 46.9. The largest absolute Gasteiger partial charge is 0.472 e. The Kier molecular flexibility index (Phi) is 33.7. The normalized spacial score (nSPS) is 17.6. The van der Waals surface area contributed by atoms with Crippen LogP contribution in [0.15, 0.2) is 72.9 Å². The van der Waals surface area contributed by atoms with Gasteiger partial charge in [-0.3, -0.25) is 18.6 Å². The van der Waals surface area contributed by atoms with Gasteiger partial charge in [-0.05, 0) is 77.0 Å². The van der Waals surface area contributed by atoms with Crippen LogP contribution in [-0.4, -0.2) is 61.5 Å². The Hall–Kier alpha value is -2.59. The van der Waals surface area contributed by atoms with E-state index in [-0.39, 0.29) is 32.6 Å². The molecular weight excluding hydrogens is 729 g/mol. The zero-order valence-electron chi connectivity index (χ0n) is 34.8. The lowest BCUT2D eigenvalue weighted by Crippen LogP contribution is -2.29. The fourth-order valence-corrected chi connectivity index (χ4v) is 6.44. The first-order chi connectivity index (χ1) is 27.3. The molecule has 0 saturated carbocycles. The topological polar surface area (TPSA) is 147 Å². The summed E-state index contributed by atoms with van der Waals surface area (Å²) in [7, 11) is -4.41. The fraction of sp³-hybridized carbons (Fsp3) is 0.689. The number of unbranched alkanes of at least 4 members (excludes halogenated alkanes) is 10. The molecule has 11 heteroatoms. The Bertz CT molecular complexity index is 1210. The summed E-state index contributed by atoms with van der Waals surface area (Å²) >= 11 is 0. The van der Waals surface area contributed by atoms with Gasteiger partial charge in [-0.1, -0.05) is 138 Å². The van der Waals surface area contributed by atoms with E-state index in [9.17, 15) is 19.0 Å². The van der Waals surface area contributed by atoms with E-state index in [0.717, 1.165) is 44.9 Å². The Morgan fingerprint density at radius 1 is 0.643 bits per heavy atom. The van der Waals surface area contributed by atoms with Crippen LogP contribution in [0.5, 0.6) is 0 Å². The summed E-state index contributed by atoms with van der Waals surface area (Å²) in [5.41, 5.74) is 5.34. The number of phosphoric acid groups is 1. The zero-order chi connectivity index (χ0) is 40.8. The molecule has 0 aromatic heterocycles. The van der Waals surface area contributed by atoms with Crippen LogP contribution in [0.3, 0.4) is 0 Å². The van der Waals surface area contributed by atoms with Crippen LogP contribution < -0.4 is 5.73 Å². The smallest absolute Gasteiger partial charge is 0.462 e. The van der Waals surface area contributed by atoms with Crippen molar-refractivity contribution in [1.82, 2.24) is 0 Å². The minimum Gasteiger partial charge on any atom is -0.462 e. The first-order valence-electron chi connectivity index (χ1n) is 21.5. The number of rotatable bonds is 38. The Morgan fingerprint density at radius 2 is 1.16 bits per heavy atom. The number of carbonyl (C=O) groups excluding carboxylic acids is 2. The average Bonchev–Trinajstić information content (AvgIpc) is 3.94. The number of phosphoric ester groups is 1. The minimum atomic E-state index is -4.41. The molecule has 0 amide bonds. The monoisotopic (exact) mass is 806 g/mol. The molecular formula is C45H76NO9P. The predicted octanol–water partition coefficient (Wildman–Crippen LogP) is 11.3. The number of allylic oxidation sites excluding steroid dienone is 11. The van der Waals surface area contributed by atoms with E-state index in [0.29, 0.717) is 31.5 Å². The van der Waals surface area contributed by atoms with E-state index < -0.39 is 32.5 Å². The van der Waals surface area contributed by atoms with Crippen molar-refractivity contribution in [2.75, 3.05) is 26.4 Å². The summed E-state index contributed by atoms with van der Waals surface area (Å²) in [5.74, 6) is -0.967. The third-order valence-electron chi connectivity index (χ3n) is 8.99. The molecule has 0 radical (unpaired) electrons. The Labute approximate surface area is 339 Å². The molecule has 3 N–H and O–H groups in total. The van der Waals surface area contributed by atoms with Gasteiger partial charge in [0.05, 0.1) is 25.4 Å². The molecule has 0 aliphatic carbocycles. The predicted molar refractivity (Wildman–Crippen MR) is 228 cm³/mol. The molecule has 0 aromatic carbocycles. The molecule has 3 unspecified atom stereocenters. The summed E-state index contributed by atoms with van der Waals surface area (Å²) in [6.45, 7) is 3.55. The molecule has 1 aliphatic heterocycles. The van der Waals surface area contributed by atoms with Gasteiger partial charge in [-0.15, -0.1) is 0 Å². The number of carbonyl (C=O) groups is 2. The summed E-state index contributed by atoms with van der Waals surface area (Å²) < 4.78 is 38.4. The molecule has 56 heavy (non-hydrogen) atoms. The maximum atomic E-state index is 12.6. The molecule has 10 nitrogen and oxygen atoms in total. The van der Waals surface area contributed by atoms with Crippen LogP contribution in [0.1, 0.15) is 155 Å². The number of hydrogen-bond acceptors (Lipinski definition) is 9. The van der Waals surface area contributed by atoms with Gasteiger partial charge in [-0.2, -0.15) is 0 Å². The summed E-state index contributed by atoms with van der Waals surface area (Å²) in [6, 6.07) is 0. The van der Waals surface area contributed by atoms with Gasteiger partial charge in [0.2, 0.25) is 0 Å². The number of hydrogen-bond donors (Lipinski definition) is 2. The van der Waals surface area contributed by atoms with E-state index in [1.165, 1.54) is 64.2 Å². The average molecular weight is 806 g/mol. The Morgan fingerprint density at radius 3 is 1.77 bits per heavy atom. The molecule has 1 fully saturated rings. The van der Waals surface area contributed by atoms with Crippen LogP contribution in [0.2, 0.25) is 0 Å². The molecule has 1 saturated heterocycles. The number of esters is 2. The molecule has 1 rings (SSSR count). The lowest BCUT2D eigenvalue weighted by atomic mass is 10.1. The maximum absolute atomic E-state index is 12.6. The van der Waals surface area contributed by atoms with E-state index >= 15 is 0 Å². The second-order valence-corrected chi connectivity index (χ2v) is 15.7. The van der Waals surface area contributed by atoms with Crippen LogP contribution in [-0.2, 0) is 37.4 Å². The van der Waals surface area contributed by atoms with Gasteiger partial charge in [-0.25, -0.2) is 4.57 Å². The van der Waals surface area contributed by atoms with Gasteiger partial charge < -0.3 is 24.8 Å². The Balaban J connectivity index is 2.26. The van der Waals surface area contributed by atoms with Gasteiger partial charge in [0.25, 0.3) is 0 Å². The molecule has 0 bridgehead atoms. The first kappa shape index (κ1) is 51.4. The van der Waals surface area contributed by atoms with Crippen molar-refractivity contribution in [2.45, 2.75) is 173 Å². The third kappa shape index (κ3) is 33.5. The molecule has 1 aliphatic rings. The third-order valence-corrected chi connectivity index (χ3v) is 9.97. The standard InChI is InChI=1S/C45H76NO9P/c1-3-5-7-8-9-10-11-12-13-14-15-16-17-22-25-28-32-36-45(48)54-41(40-53-56(49,50)52-38-37-46)39-51-44(47)35-31-27-24-21-19-18-20-23-26-30-34-43-42(55-43)33-29-6-4-2/h12-13,15-16,18,20-22,24-26,30,41-43H,3-11,14,17,19,23,27-29,31-40,46H2,1-2H3,(H,49,50)/b13-12-,16-15-,20-18-,24-21-,25-22-,30-26-/t41-,42?,43?/m1/s1. The van der Waals surface area contributed by atoms with E-state index in [1.54, 1.807) is 0 Å². The molecule has 1 heterocycles. The zero-order valence-corrected chi connectivity index (χ0v) is 35.7. The molecule has 0 aromatic rings. The van der Waals surface area contributed by atoms with Crippen molar-refractivity contribution in [3.05, 3.63) is 72.9 Å². The first-order valence-corrected chi connectivity index (χ1v) is 23.0. The van der Waals surface area contributed by atoms with Crippen molar-refractivity contribution in [1.29, 1.82) is 0 Å². The van der Waals surface area contributed by atoms with Crippen LogP contribution in [0.25, 0.3) is 0 Å². The molecule has 320 valence electrons. The molecule has 4 atom stereocenters. The van der Waals surface area contributed by atoms with Gasteiger partial charge in [0.15, 0.2) is 6.10 Å². The van der Waals surface area contributed by atoms with Gasteiger partial charge >= 0.3 is 19.8 Å². The fourth-order valence-electron chi connectivity index (χ4n) is 5.68. The van der Waals surface area contributed by atoms with Crippen molar-refractivity contribution >= 4 is 19.8 Å². The highest BCUT2D eigenvalue weighted by atomic mass is 31.2. The molecule has 0 spiro atoms. The second-order valence-electron chi connectivity index (χ2n) is 14.2. The van der Waals surface area contributed by atoms with Crippen LogP contribution in [0.4, 0.5) is 0 Å². The SMILES string of the molecule is CCCCCCCC/C=C\C/C=C\C/C=C\CCCC(=O)O[C@H](COC(=O)CCC/C=C\C/C=C\C/C=C\CC1OC1CCCCC)COP(=O)(O)OCCN. The van der Waals surface area contributed by atoms with Crippen molar-refractivity contribution in [3.63, 3.8) is 0 Å². The van der Waals surface area contributed by atoms with Crippen LogP contribution in [0, 0.1) is 0 Å². The van der Waals surface area contributed by atoms with Gasteiger partial charge in [0.1, 0.15) is 6.61 Å². The summed E-state index contributed by atoms with van der Waals surface area (Å²) in [5, 5.41) is 0. The second kappa shape index (κ2) is 36.7. The van der Waals surface area contributed by atoms with Crippen molar-refractivity contribution in [3.8, 4) is 0 Å². The number of epoxide rings is 1. The minimum absolute atomic E-state index is 0.0331. The summed E-state index contributed by atoms with van der Waals surface area (Å²) in [4.78, 5) is 34.8. The maximum Gasteiger partial charge on any atom is 0.472 e. The van der Waals surface area contributed by atoms with Crippen molar-refractivity contribution < 1.29 is 42.3 Å². The lowest BCUT2D eigenvalue weighted by molar-refractivity contribution is -0.161. The highest BCUT2D eigenvalue weighted by molar-refractivity contribution is 7.47. The van der Waals surface area contributed by atoms with E-state index in [4.69, 9.17) is 29.0 Å².